The summed E-state index contributed by atoms with van der Waals surface area (Å²) in [5.41, 5.74) is 0. The highest BCUT2D eigenvalue weighted by Crippen LogP contribution is 2.14. The summed E-state index contributed by atoms with van der Waals surface area (Å²) in [5, 5.41) is 12.2. The molecule has 0 aromatic heterocycles. The molecule has 1 atom stereocenters. The van der Waals surface area contributed by atoms with Crippen molar-refractivity contribution in [3.05, 3.63) is 0 Å². The molecule has 0 bridgehead atoms. The lowest BCUT2D eigenvalue weighted by Crippen LogP contribution is -2.45. The van der Waals surface area contributed by atoms with Gasteiger partial charge in [0.1, 0.15) is 0 Å². The van der Waals surface area contributed by atoms with Gasteiger partial charge in [0, 0.05) is 12.6 Å². The Balaban J connectivity index is 2.44. The zero-order chi connectivity index (χ0) is 11.1. The van der Waals surface area contributed by atoms with Gasteiger partial charge in [0.15, 0.2) is 0 Å². The van der Waals surface area contributed by atoms with E-state index < -0.39 is 0 Å². The standard InChI is InChI=1S/C12H23N3/c1-3-8-15(10-11(2)9-13)12-4-6-14-7-5-12/h11-12,14H,3-8,10H2,1-2H3. The van der Waals surface area contributed by atoms with Gasteiger partial charge in [-0.25, -0.2) is 0 Å². The van der Waals surface area contributed by atoms with Crippen LogP contribution in [0.5, 0.6) is 0 Å². The highest BCUT2D eigenvalue weighted by atomic mass is 15.2. The Hall–Kier alpha value is -0.590. The van der Waals surface area contributed by atoms with Gasteiger partial charge in [0.25, 0.3) is 0 Å². The average Bonchev–Trinajstić information content (AvgIpc) is 2.29. The Labute approximate surface area is 93.5 Å². The van der Waals surface area contributed by atoms with E-state index in [1.807, 2.05) is 6.92 Å². The number of hydrogen-bond acceptors (Lipinski definition) is 3. The van der Waals surface area contributed by atoms with Crippen molar-refractivity contribution in [3.63, 3.8) is 0 Å². The van der Waals surface area contributed by atoms with E-state index >= 15 is 0 Å². The van der Waals surface area contributed by atoms with E-state index in [0.717, 1.165) is 26.2 Å². The number of piperidine rings is 1. The van der Waals surface area contributed by atoms with Gasteiger partial charge >= 0.3 is 0 Å². The number of nitrogens with zero attached hydrogens (tertiary/aromatic N) is 2. The zero-order valence-corrected chi connectivity index (χ0v) is 10.00. The normalized spacial score (nSPS) is 20.1. The van der Waals surface area contributed by atoms with Crippen LogP contribution in [0.1, 0.15) is 33.1 Å². The molecule has 0 saturated carbocycles. The fraction of sp³-hybridized carbons (Fsp3) is 0.917. The van der Waals surface area contributed by atoms with E-state index in [9.17, 15) is 0 Å². The molecule has 0 amide bonds. The van der Waals surface area contributed by atoms with Gasteiger partial charge in [-0.05, 0) is 45.8 Å². The molecule has 86 valence electrons. The molecule has 0 aromatic rings. The number of nitriles is 1. The van der Waals surface area contributed by atoms with E-state index in [-0.39, 0.29) is 5.92 Å². The molecule has 15 heavy (non-hydrogen) atoms. The van der Waals surface area contributed by atoms with E-state index in [1.54, 1.807) is 0 Å². The zero-order valence-electron chi connectivity index (χ0n) is 10.00. The molecule has 1 heterocycles. The summed E-state index contributed by atoms with van der Waals surface area (Å²) >= 11 is 0. The van der Waals surface area contributed by atoms with E-state index in [1.165, 1.54) is 19.3 Å². The van der Waals surface area contributed by atoms with Crippen LogP contribution in [0.2, 0.25) is 0 Å². The number of nitrogens with one attached hydrogen (secondary N) is 1. The Bertz CT molecular complexity index is 203. The van der Waals surface area contributed by atoms with Crippen molar-refractivity contribution in [1.29, 1.82) is 5.26 Å². The molecule has 1 saturated heterocycles. The second-order valence-corrected chi connectivity index (χ2v) is 4.51. The van der Waals surface area contributed by atoms with Crippen LogP contribution in [-0.2, 0) is 0 Å². The maximum absolute atomic E-state index is 8.86. The van der Waals surface area contributed by atoms with Gasteiger partial charge in [-0.3, -0.25) is 4.90 Å². The van der Waals surface area contributed by atoms with Crippen molar-refractivity contribution >= 4 is 0 Å². The summed E-state index contributed by atoms with van der Waals surface area (Å²) in [7, 11) is 0. The van der Waals surface area contributed by atoms with Gasteiger partial charge in [0.05, 0.1) is 12.0 Å². The highest BCUT2D eigenvalue weighted by molar-refractivity contribution is 4.85. The maximum atomic E-state index is 8.86. The summed E-state index contributed by atoms with van der Waals surface area (Å²) in [6, 6.07) is 3.03. The molecular formula is C12H23N3. The summed E-state index contributed by atoms with van der Waals surface area (Å²) in [6.07, 6.45) is 3.65. The second-order valence-electron chi connectivity index (χ2n) is 4.51. The lowest BCUT2D eigenvalue weighted by Gasteiger charge is -2.35. The molecule has 1 rings (SSSR count). The van der Waals surface area contributed by atoms with Crippen LogP contribution in [0.25, 0.3) is 0 Å². The van der Waals surface area contributed by atoms with Crippen molar-refractivity contribution in [1.82, 2.24) is 10.2 Å². The highest BCUT2D eigenvalue weighted by Gasteiger charge is 2.21. The molecule has 3 heteroatoms. The fourth-order valence-electron chi connectivity index (χ4n) is 2.27. The molecule has 0 aromatic carbocycles. The summed E-state index contributed by atoms with van der Waals surface area (Å²) in [6.45, 7) is 8.57. The third-order valence-electron chi connectivity index (χ3n) is 3.06. The molecule has 1 aliphatic rings. The van der Waals surface area contributed by atoms with Crippen molar-refractivity contribution < 1.29 is 0 Å². The first-order valence-corrected chi connectivity index (χ1v) is 6.12. The van der Waals surface area contributed by atoms with Crippen LogP contribution in [0.15, 0.2) is 0 Å². The average molecular weight is 209 g/mol. The molecule has 0 aliphatic carbocycles. The Morgan fingerprint density at radius 3 is 2.67 bits per heavy atom. The van der Waals surface area contributed by atoms with Crippen LogP contribution in [0, 0.1) is 17.2 Å². The minimum absolute atomic E-state index is 0.159. The summed E-state index contributed by atoms with van der Waals surface area (Å²) < 4.78 is 0. The van der Waals surface area contributed by atoms with Gasteiger partial charge < -0.3 is 5.32 Å². The fourth-order valence-corrected chi connectivity index (χ4v) is 2.27. The summed E-state index contributed by atoms with van der Waals surface area (Å²) in [4.78, 5) is 2.51. The Morgan fingerprint density at radius 1 is 1.47 bits per heavy atom. The third kappa shape index (κ3) is 4.19. The van der Waals surface area contributed by atoms with Crippen molar-refractivity contribution in [2.24, 2.45) is 5.92 Å². The smallest absolute Gasteiger partial charge is 0.0666 e. The predicted molar refractivity (Wildman–Crippen MR) is 62.5 cm³/mol. The SMILES string of the molecule is CCCN(CC(C)C#N)C1CCNCC1. The van der Waals surface area contributed by atoms with Gasteiger partial charge in [-0.15, -0.1) is 0 Å². The van der Waals surface area contributed by atoms with E-state index in [2.05, 4.69) is 23.2 Å². The Kier molecular flexibility index (Phi) is 5.67. The lowest BCUT2D eigenvalue weighted by molar-refractivity contribution is 0.151. The molecule has 1 fully saturated rings. The molecule has 1 N–H and O–H groups in total. The van der Waals surface area contributed by atoms with Crippen molar-refractivity contribution in [2.75, 3.05) is 26.2 Å². The largest absolute Gasteiger partial charge is 0.317 e. The molecule has 3 nitrogen and oxygen atoms in total. The first-order chi connectivity index (χ1) is 7.27. The van der Waals surface area contributed by atoms with Crippen LogP contribution in [-0.4, -0.2) is 37.1 Å². The second kappa shape index (κ2) is 6.81. The first kappa shape index (κ1) is 12.5. The quantitative estimate of drug-likeness (QED) is 0.747. The minimum Gasteiger partial charge on any atom is -0.317 e. The van der Waals surface area contributed by atoms with Crippen molar-refractivity contribution in [3.8, 4) is 6.07 Å². The van der Waals surface area contributed by atoms with Crippen LogP contribution in [0.4, 0.5) is 0 Å². The van der Waals surface area contributed by atoms with E-state index in [4.69, 9.17) is 5.26 Å². The molecule has 0 spiro atoms. The monoisotopic (exact) mass is 209 g/mol. The van der Waals surface area contributed by atoms with Crippen molar-refractivity contribution in [2.45, 2.75) is 39.2 Å². The molecular weight excluding hydrogens is 186 g/mol. The molecule has 1 aliphatic heterocycles. The molecule has 1 unspecified atom stereocenters. The minimum atomic E-state index is 0.159. The summed E-state index contributed by atoms with van der Waals surface area (Å²) in [5.74, 6) is 0.159. The number of rotatable bonds is 5. The predicted octanol–water partition coefficient (Wildman–Crippen LogP) is 1.61. The van der Waals surface area contributed by atoms with E-state index in [0.29, 0.717) is 6.04 Å². The van der Waals surface area contributed by atoms with Gasteiger partial charge in [-0.2, -0.15) is 5.26 Å². The topological polar surface area (TPSA) is 39.1 Å². The van der Waals surface area contributed by atoms with Crippen LogP contribution in [0.3, 0.4) is 0 Å². The first-order valence-electron chi connectivity index (χ1n) is 6.12. The number of hydrogen-bond donors (Lipinski definition) is 1. The van der Waals surface area contributed by atoms with Crippen LogP contribution >= 0.6 is 0 Å². The molecule has 0 radical (unpaired) electrons. The Morgan fingerprint density at radius 2 is 2.13 bits per heavy atom. The maximum Gasteiger partial charge on any atom is 0.0666 e. The van der Waals surface area contributed by atoms with Gasteiger partial charge in [-0.1, -0.05) is 6.92 Å². The third-order valence-corrected chi connectivity index (χ3v) is 3.06. The lowest BCUT2D eigenvalue weighted by atomic mass is 10.0. The van der Waals surface area contributed by atoms with Crippen LogP contribution < -0.4 is 5.32 Å². The van der Waals surface area contributed by atoms with Gasteiger partial charge in [0.2, 0.25) is 0 Å².